The van der Waals surface area contributed by atoms with Crippen LogP contribution in [-0.4, -0.2) is 22.7 Å². The Bertz CT molecular complexity index is 831. The number of hydrogen-bond donors (Lipinski definition) is 1. The second kappa shape index (κ2) is 9.46. The zero-order chi connectivity index (χ0) is 21.8. The van der Waals surface area contributed by atoms with Gasteiger partial charge in [0.05, 0.1) is 0 Å². The van der Waals surface area contributed by atoms with Crippen LogP contribution >= 0.6 is 11.3 Å². The molecule has 1 aromatic carbocycles. The van der Waals surface area contributed by atoms with Crippen LogP contribution in [0.2, 0.25) is 0 Å². The van der Waals surface area contributed by atoms with Crippen LogP contribution in [-0.2, 0) is 10.2 Å². The monoisotopic (exact) mass is 429 g/mol. The molecule has 5 nitrogen and oxygen atoms in total. The van der Waals surface area contributed by atoms with Gasteiger partial charge in [-0.05, 0) is 47.8 Å². The van der Waals surface area contributed by atoms with E-state index in [1.807, 2.05) is 12.1 Å². The standard InChI is InChI=1S/C24H35N3O2S/c1-23(2,3)16-24(4,5)18-11-13-19(14-12-18)29-15-20(28)25-22-27-26-21(30-22)17-9-7-6-8-10-17/h11-14,17H,6-10,15-16H2,1-5H3,(H,25,27,28). The van der Waals surface area contributed by atoms with Gasteiger partial charge in [0.25, 0.3) is 5.91 Å². The summed E-state index contributed by atoms with van der Waals surface area (Å²) < 4.78 is 5.68. The Labute approximate surface area is 184 Å². The molecule has 0 atom stereocenters. The molecule has 0 bridgehead atoms. The van der Waals surface area contributed by atoms with Crippen LogP contribution in [0.4, 0.5) is 5.13 Å². The number of anilines is 1. The van der Waals surface area contributed by atoms with Gasteiger partial charge in [-0.15, -0.1) is 10.2 Å². The Morgan fingerprint density at radius 2 is 1.73 bits per heavy atom. The first-order valence-corrected chi connectivity index (χ1v) is 11.8. The van der Waals surface area contributed by atoms with Gasteiger partial charge in [0.15, 0.2) is 6.61 Å². The van der Waals surface area contributed by atoms with Gasteiger partial charge in [-0.2, -0.15) is 0 Å². The molecule has 1 N–H and O–H groups in total. The maximum atomic E-state index is 12.3. The van der Waals surface area contributed by atoms with Crippen molar-refractivity contribution in [3.63, 3.8) is 0 Å². The van der Waals surface area contributed by atoms with Crippen LogP contribution in [0.5, 0.6) is 5.75 Å². The van der Waals surface area contributed by atoms with Crippen molar-refractivity contribution in [1.82, 2.24) is 10.2 Å². The summed E-state index contributed by atoms with van der Waals surface area (Å²) in [6, 6.07) is 8.08. The van der Waals surface area contributed by atoms with Crippen LogP contribution in [0.1, 0.15) is 89.6 Å². The molecule has 0 saturated heterocycles. The number of nitrogens with zero attached hydrogens (tertiary/aromatic N) is 2. The van der Waals surface area contributed by atoms with Crippen LogP contribution in [0.3, 0.4) is 0 Å². The lowest BCUT2D eigenvalue weighted by Gasteiger charge is -2.33. The highest BCUT2D eigenvalue weighted by atomic mass is 32.1. The Morgan fingerprint density at radius 3 is 2.37 bits per heavy atom. The molecule has 0 unspecified atom stereocenters. The Balaban J connectivity index is 1.49. The topological polar surface area (TPSA) is 64.1 Å². The first kappa shape index (κ1) is 22.7. The molecule has 1 aliphatic carbocycles. The van der Waals surface area contributed by atoms with Gasteiger partial charge in [0.2, 0.25) is 5.13 Å². The van der Waals surface area contributed by atoms with Crippen LogP contribution in [0.15, 0.2) is 24.3 Å². The number of benzene rings is 1. The Morgan fingerprint density at radius 1 is 1.07 bits per heavy atom. The lowest BCUT2D eigenvalue weighted by Crippen LogP contribution is -2.24. The van der Waals surface area contributed by atoms with Gasteiger partial charge in [-0.3, -0.25) is 10.1 Å². The maximum Gasteiger partial charge on any atom is 0.264 e. The molecule has 0 spiro atoms. The van der Waals surface area contributed by atoms with Gasteiger partial charge >= 0.3 is 0 Å². The molecule has 1 heterocycles. The molecule has 1 aliphatic rings. The van der Waals surface area contributed by atoms with Gasteiger partial charge < -0.3 is 4.74 Å². The smallest absolute Gasteiger partial charge is 0.264 e. The normalized spacial score (nSPS) is 15.8. The first-order valence-electron chi connectivity index (χ1n) is 11.0. The molecule has 30 heavy (non-hydrogen) atoms. The number of rotatable bonds is 7. The van der Waals surface area contributed by atoms with Crippen LogP contribution in [0.25, 0.3) is 0 Å². The quantitative estimate of drug-likeness (QED) is 0.559. The van der Waals surface area contributed by atoms with E-state index in [1.165, 1.54) is 49.0 Å². The number of aromatic nitrogens is 2. The van der Waals surface area contributed by atoms with E-state index in [0.717, 1.165) is 11.4 Å². The third kappa shape index (κ3) is 6.53. The average molecular weight is 430 g/mol. The zero-order valence-electron chi connectivity index (χ0n) is 19.0. The summed E-state index contributed by atoms with van der Waals surface area (Å²) in [5, 5.41) is 12.8. The largest absolute Gasteiger partial charge is 0.484 e. The van der Waals surface area contributed by atoms with E-state index in [2.05, 4.69) is 62.3 Å². The van der Waals surface area contributed by atoms with Crippen molar-refractivity contribution in [2.24, 2.45) is 5.41 Å². The lowest BCUT2D eigenvalue weighted by atomic mass is 9.72. The van der Waals surface area contributed by atoms with Crippen molar-refractivity contribution < 1.29 is 9.53 Å². The summed E-state index contributed by atoms with van der Waals surface area (Å²) in [7, 11) is 0. The summed E-state index contributed by atoms with van der Waals surface area (Å²) in [6.07, 6.45) is 7.26. The third-order valence-corrected chi connectivity index (χ3v) is 6.62. The van der Waals surface area contributed by atoms with E-state index < -0.39 is 0 Å². The molecule has 1 amide bonds. The van der Waals surface area contributed by atoms with E-state index in [1.54, 1.807) is 0 Å². The minimum absolute atomic E-state index is 0.0386. The fourth-order valence-corrected chi connectivity index (χ4v) is 5.46. The van der Waals surface area contributed by atoms with Gasteiger partial charge in [0.1, 0.15) is 10.8 Å². The highest BCUT2D eigenvalue weighted by Crippen LogP contribution is 2.37. The molecule has 1 saturated carbocycles. The fourth-order valence-electron chi connectivity index (χ4n) is 4.53. The fraction of sp³-hybridized carbons (Fsp3) is 0.625. The first-order chi connectivity index (χ1) is 14.1. The lowest BCUT2D eigenvalue weighted by molar-refractivity contribution is -0.118. The number of nitrogens with one attached hydrogen (secondary N) is 1. The Hall–Kier alpha value is -1.95. The predicted molar refractivity (Wildman–Crippen MR) is 123 cm³/mol. The van der Waals surface area contributed by atoms with Crippen molar-refractivity contribution in [2.75, 3.05) is 11.9 Å². The SMILES string of the molecule is CC(C)(C)CC(C)(C)c1ccc(OCC(=O)Nc2nnc(C3CCCCC3)s2)cc1. The van der Waals surface area contributed by atoms with Crippen LogP contribution < -0.4 is 10.1 Å². The van der Waals surface area contributed by atoms with Crippen molar-refractivity contribution in [1.29, 1.82) is 0 Å². The molecule has 1 fully saturated rings. The Kier molecular flexibility index (Phi) is 7.17. The summed E-state index contributed by atoms with van der Waals surface area (Å²) in [4.78, 5) is 12.3. The number of ether oxygens (including phenoxy) is 1. The second-order valence-electron chi connectivity index (χ2n) is 10.3. The minimum atomic E-state index is -0.210. The maximum absolute atomic E-state index is 12.3. The number of amides is 1. The summed E-state index contributed by atoms with van der Waals surface area (Å²) in [6.45, 7) is 11.3. The third-order valence-electron chi connectivity index (χ3n) is 5.62. The van der Waals surface area contributed by atoms with E-state index >= 15 is 0 Å². The zero-order valence-corrected chi connectivity index (χ0v) is 19.8. The summed E-state index contributed by atoms with van der Waals surface area (Å²) in [5.41, 5.74) is 1.62. The van der Waals surface area contributed by atoms with E-state index in [9.17, 15) is 4.79 Å². The van der Waals surface area contributed by atoms with Gasteiger partial charge in [-0.25, -0.2) is 0 Å². The molecule has 164 valence electrons. The van der Waals surface area contributed by atoms with Crippen molar-refractivity contribution in [2.45, 2.75) is 84.5 Å². The summed E-state index contributed by atoms with van der Waals surface area (Å²) >= 11 is 1.49. The molecular weight excluding hydrogens is 394 g/mol. The van der Waals surface area contributed by atoms with E-state index in [4.69, 9.17) is 4.74 Å². The molecule has 3 rings (SSSR count). The number of carbonyl (C=O) groups is 1. The number of hydrogen-bond acceptors (Lipinski definition) is 5. The van der Waals surface area contributed by atoms with E-state index in [-0.39, 0.29) is 23.3 Å². The van der Waals surface area contributed by atoms with Crippen molar-refractivity contribution in [3.05, 3.63) is 34.8 Å². The molecular formula is C24H35N3O2S. The average Bonchev–Trinajstić information content (AvgIpc) is 3.14. The number of carbonyl (C=O) groups excluding carboxylic acids is 1. The van der Waals surface area contributed by atoms with Crippen LogP contribution in [0, 0.1) is 5.41 Å². The molecule has 0 aliphatic heterocycles. The predicted octanol–water partition coefficient (Wildman–Crippen LogP) is 6.32. The molecule has 1 aromatic heterocycles. The van der Waals surface area contributed by atoms with Gasteiger partial charge in [-0.1, -0.05) is 77.4 Å². The minimum Gasteiger partial charge on any atom is -0.484 e. The molecule has 2 aromatic rings. The van der Waals surface area contributed by atoms with Crippen molar-refractivity contribution in [3.8, 4) is 5.75 Å². The molecule has 0 radical (unpaired) electrons. The highest BCUT2D eigenvalue weighted by molar-refractivity contribution is 7.15. The molecule has 6 heteroatoms. The highest BCUT2D eigenvalue weighted by Gasteiger charge is 2.27. The van der Waals surface area contributed by atoms with Gasteiger partial charge in [0, 0.05) is 5.92 Å². The van der Waals surface area contributed by atoms with E-state index in [0.29, 0.717) is 16.8 Å². The second-order valence-corrected chi connectivity index (χ2v) is 11.3. The van der Waals surface area contributed by atoms with Crippen molar-refractivity contribution >= 4 is 22.4 Å². The summed E-state index contributed by atoms with van der Waals surface area (Å²) in [5.74, 6) is 0.985.